The van der Waals surface area contributed by atoms with Crippen LogP contribution in [-0.2, 0) is 31.3 Å². The summed E-state index contributed by atoms with van der Waals surface area (Å²) in [5.74, 6) is 5.50. The van der Waals surface area contributed by atoms with Crippen LogP contribution in [0.15, 0.2) is 72.9 Å². The lowest BCUT2D eigenvalue weighted by atomic mass is 9.97. The van der Waals surface area contributed by atoms with Gasteiger partial charge in [0.25, 0.3) is 0 Å². The van der Waals surface area contributed by atoms with Crippen LogP contribution < -0.4 is 4.74 Å². The van der Waals surface area contributed by atoms with E-state index in [1.807, 2.05) is 50.5 Å². The largest absolute Gasteiger partial charge is 0.489 e. The van der Waals surface area contributed by atoms with Crippen molar-refractivity contribution in [3.8, 4) is 28.7 Å². The van der Waals surface area contributed by atoms with E-state index in [2.05, 4.69) is 16.9 Å². The number of para-hydroxylation sites is 1. The first-order chi connectivity index (χ1) is 16.9. The maximum absolute atomic E-state index is 15.2. The molecule has 0 bridgehead atoms. The molecule has 0 aliphatic rings. The van der Waals surface area contributed by atoms with Crippen LogP contribution in [0, 0.1) is 17.7 Å². The molecule has 1 aromatic heterocycles. The van der Waals surface area contributed by atoms with E-state index in [1.54, 1.807) is 41.1 Å². The van der Waals surface area contributed by atoms with Crippen LogP contribution in [0.2, 0.25) is 0 Å². The Hall–Kier alpha value is -4.37. The molecule has 0 saturated carbocycles. The van der Waals surface area contributed by atoms with Crippen molar-refractivity contribution < 1.29 is 19.0 Å². The Morgan fingerprint density at radius 3 is 2.60 bits per heavy atom. The Kier molecular flexibility index (Phi) is 7.27. The summed E-state index contributed by atoms with van der Waals surface area (Å²) < 4.78 is 22.8. The second-order valence-corrected chi connectivity index (χ2v) is 8.14. The van der Waals surface area contributed by atoms with E-state index in [0.29, 0.717) is 45.7 Å². The van der Waals surface area contributed by atoms with Crippen LogP contribution in [0.1, 0.15) is 34.9 Å². The number of hydrogen-bond acceptors (Lipinski definition) is 3. The van der Waals surface area contributed by atoms with Gasteiger partial charge in [-0.2, -0.15) is 5.10 Å². The summed E-state index contributed by atoms with van der Waals surface area (Å²) in [4.78, 5) is 11.2. The molecule has 1 heterocycles. The zero-order valence-corrected chi connectivity index (χ0v) is 19.6. The number of ether oxygens (including phenoxy) is 1. The fourth-order valence-electron chi connectivity index (χ4n) is 3.81. The van der Waals surface area contributed by atoms with Gasteiger partial charge in [-0.05, 0) is 59.4 Å². The number of benzene rings is 3. The minimum absolute atomic E-state index is 0.133. The number of carboxylic acid groups (broad SMARTS) is 1. The first kappa shape index (κ1) is 23.8. The van der Waals surface area contributed by atoms with Crippen LogP contribution in [0.3, 0.4) is 0 Å². The highest BCUT2D eigenvalue weighted by Gasteiger charge is 2.12. The summed E-state index contributed by atoms with van der Waals surface area (Å²) in [6.45, 7) is 2.10. The highest BCUT2D eigenvalue weighted by Crippen LogP contribution is 2.28. The van der Waals surface area contributed by atoms with Gasteiger partial charge in [0, 0.05) is 29.9 Å². The zero-order chi connectivity index (χ0) is 24.8. The SMILES string of the molecule is CCc1cccc(-c2cc(C#Cc3ccn(C)n3)cc(COc3ccccc3CC(=O)O)c2)c1F. The Morgan fingerprint density at radius 2 is 1.86 bits per heavy atom. The standard InChI is InChI=1S/C29H25FN2O3/c1-3-22-8-6-9-26(29(22)30)24-16-20(11-12-25-13-14-32(2)31-25)15-21(17-24)19-35-27-10-5-4-7-23(27)18-28(33)34/h4-10,13-17H,3,18-19H2,1-2H3,(H,33,34). The lowest BCUT2D eigenvalue weighted by molar-refractivity contribution is -0.136. The van der Waals surface area contributed by atoms with E-state index in [-0.39, 0.29) is 18.8 Å². The highest BCUT2D eigenvalue weighted by atomic mass is 19.1. The molecule has 0 unspecified atom stereocenters. The molecule has 0 aliphatic carbocycles. The number of hydrogen-bond donors (Lipinski definition) is 1. The third kappa shape index (κ3) is 5.96. The Bertz CT molecular complexity index is 1430. The van der Waals surface area contributed by atoms with Gasteiger partial charge in [0.2, 0.25) is 0 Å². The molecular formula is C29H25FN2O3. The molecule has 0 amide bonds. The van der Waals surface area contributed by atoms with Gasteiger partial charge in [0.15, 0.2) is 0 Å². The molecule has 0 fully saturated rings. The van der Waals surface area contributed by atoms with Crippen molar-refractivity contribution in [2.75, 3.05) is 0 Å². The normalized spacial score (nSPS) is 10.5. The van der Waals surface area contributed by atoms with Gasteiger partial charge in [-0.25, -0.2) is 4.39 Å². The summed E-state index contributed by atoms with van der Waals surface area (Å²) >= 11 is 0. The summed E-state index contributed by atoms with van der Waals surface area (Å²) in [5, 5.41) is 13.5. The highest BCUT2D eigenvalue weighted by molar-refractivity contribution is 5.71. The number of aliphatic carboxylic acids is 1. The number of carbonyl (C=O) groups is 1. The minimum Gasteiger partial charge on any atom is -0.489 e. The maximum atomic E-state index is 15.2. The summed E-state index contributed by atoms with van der Waals surface area (Å²) in [5.41, 5.74) is 4.56. The van der Waals surface area contributed by atoms with E-state index in [4.69, 9.17) is 4.74 Å². The lowest BCUT2D eigenvalue weighted by Crippen LogP contribution is -2.04. The van der Waals surface area contributed by atoms with Gasteiger partial charge in [-0.15, -0.1) is 0 Å². The van der Waals surface area contributed by atoms with Crippen LogP contribution in [0.5, 0.6) is 5.75 Å². The zero-order valence-electron chi connectivity index (χ0n) is 19.6. The van der Waals surface area contributed by atoms with Crippen molar-refractivity contribution in [2.24, 2.45) is 7.05 Å². The average molecular weight is 469 g/mol. The number of nitrogens with zero attached hydrogens (tertiary/aromatic N) is 2. The molecule has 0 saturated heterocycles. The molecule has 4 rings (SSSR count). The predicted octanol–water partition coefficient (Wildman–Crippen LogP) is 5.39. The maximum Gasteiger partial charge on any atom is 0.307 e. The first-order valence-electron chi connectivity index (χ1n) is 11.3. The van der Waals surface area contributed by atoms with Gasteiger partial charge in [0.1, 0.15) is 23.9 Å². The van der Waals surface area contributed by atoms with E-state index in [0.717, 1.165) is 5.56 Å². The average Bonchev–Trinajstić information content (AvgIpc) is 3.27. The summed E-state index contributed by atoms with van der Waals surface area (Å²) in [6, 6.07) is 19.9. The molecule has 4 aromatic rings. The molecule has 5 nitrogen and oxygen atoms in total. The third-order valence-electron chi connectivity index (χ3n) is 5.52. The topological polar surface area (TPSA) is 64.4 Å². The predicted molar refractivity (Wildman–Crippen MR) is 133 cm³/mol. The van der Waals surface area contributed by atoms with Crippen molar-refractivity contribution >= 4 is 5.97 Å². The monoisotopic (exact) mass is 468 g/mol. The summed E-state index contributed by atoms with van der Waals surface area (Å²) in [6.07, 6.45) is 2.28. The lowest BCUT2D eigenvalue weighted by Gasteiger charge is -2.13. The number of rotatable bonds is 7. The molecule has 3 aromatic carbocycles. The fourth-order valence-corrected chi connectivity index (χ4v) is 3.81. The van der Waals surface area contributed by atoms with Gasteiger partial charge in [-0.1, -0.05) is 49.2 Å². The van der Waals surface area contributed by atoms with Gasteiger partial charge in [0.05, 0.1) is 6.42 Å². The molecule has 35 heavy (non-hydrogen) atoms. The smallest absolute Gasteiger partial charge is 0.307 e. The van der Waals surface area contributed by atoms with Gasteiger partial charge in [-0.3, -0.25) is 9.48 Å². The Morgan fingerprint density at radius 1 is 1.06 bits per heavy atom. The summed E-state index contributed by atoms with van der Waals surface area (Å²) in [7, 11) is 1.83. The number of aryl methyl sites for hydroxylation is 2. The van der Waals surface area contributed by atoms with Crippen molar-refractivity contribution in [1.29, 1.82) is 0 Å². The quantitative estimate of drug-likeness (QED) is 0.369. The van der Waals surface area contributed by atoms with E-state index < -0.39 is 5.97 Å². The molecule has 1 N–H and O–H groups in total. The Labute approximate surface area is 203 Å². The second-order valence-electron chi connectivity index (χ2n) is 8.14. The van der Waals surface area contributed by atoms with E-state index in [9.17, 15) is 9.90 Å². The molecule has 176 valence electrons. The first-order valence-corrected chi connectivity index (χ1v) is 11.3. The molecule has 0 aliphatic heterocycles. The fraction of sp³-hybridized carbons (Fsp3) is 0.172. The van der Waals surface area contributed by atoms with E-state index in [1.165, 1.54) is 0 Å². The molecule has 0 spiro atoms. The van der Waals surface area contributed by atoms with Crippen LogP contribution in [0.25, 0.3) is 11.1 Å². The third-order valence-corrected chi connectivity index (χ3v) is 5.52. The number of halogens is 1. The van der Waals surface area contributed by atoms with Crippen molar-refractivity contribution in [3.63, 3.8) is 0 Å². The van der Waals surface area contributed by atoms with Crippen LogP contribution >= 0.6 is 0 Å². The van der Waals surface area contributed by atoms with Crippen molar-refractivity contribution in [3.05, 3.63) is 107 Å². The molecule has 0 radical (unpaired) electrons. The second kappa shape index (κ2) is 10.7. The minimum atomic E-state index is -0.929. The molecular weight excluding hydrogens is 443 g/mol. The Balaban J connectivity index is 1.71. The van der Waals surface area contributed by atoms with E-state index >= 15 is 4.39 Å². The van der Waals surface area contributed by atoms with Gasteiger partial charge >= 0.3 is 5.97 Å². The van der Waals surface area contributed by atoms with Crippen LogP contribution in [-0.4, -0.2) is 20.9 Å². The molecule has 0 atom stereocenters. The number of aromatic nitrogens is 2. The van der Waals surface area contributed by atoms with Crippen molar-refractivity contribution in [2.45, 2.75) is 26.4 Å². The van der Waals surface area contributed by atoms with Crippen molar-refractivity contribution in [1.82, 2.24) is 9.78 Å². The van der Waals surface area contributed by atoms with Crippen LogP contribution in [0.4, 0.5) is 4.39 Å². The molecule has 6 heteroatoms. The number of carboxylic acids is 1. The van der Waals surface area contributed by atoms with Gasteiger partial charge < -0.3 is 9.84 Å².